The maximum atomic E-state index is 13.0. The van der Waals surface area contributed by atoms with E-state index in [-0.39, 0.29) is 51.2 Å². The number of carboxylic acids is 1. The number of alkyl carbamates (subject to hydrolysis) is 1. The number of morpholine rings is 1. The average Bonchev–Trinajstić information content (AvgIpc) is 3.18. The minimum absolute atomic E-state index is 0.0793. The fraction of sp³-hybridized carbons (Fsp3) is 0.400. The van der Waals surface area contributed by atoms with E-state index in [1.165, 1.54) is 12.0 Å². The van der Waals surface area contributed by atoms with Gasteiger partial charge in [-0.15, -0.1) is 0 Å². The molecule has 2 aliphatic rings. The summed E-state index contributed by atoms with van der Waals surface area (Å²) in [4.78, 5) is 38.4. The van der Waals surface area contributed by atoms with Gasteiger partial charge in [-0.3, -0.25) is 4.79 Å². The smallest absolute Gasteiger partial charge is 0.407 e. The van der Waals surface area contributed by atoms with Crippen molar-refractivity contribution in [1.29, 1.82) is 0 Å². The van der Waals surface area contributed by atoms with Gasteiger partial charge in [0, 0.05) is 32.6 Å². The van der Waals surface area contributed by atoms with Crippen LogP contribution >= 0.6 is 0 Å². The molecular formula is C25H28N2O7. The second kappa shape index (κ2) is 10.7. The number of nitrogens with zero attached hydrogens (tertiary/aromatic N) is 1. The molecule has 2 amide bonds. The fourth-order valence-electron chi connectivity index (χ4n) is 4.49. The lowest BCUT2D eigenvalue weighted by molar-refractivity contribution is -0.160. The third-order valence-corrected chi connectivity index (χ3v) is 6.20. The number of hydrogen-bond acceptors (Lipinski definition) is 6. The minimum Gasteiger partial charge on any atom is -0.479 e. The summed E-state index contributed by atoms with van der Waals surface area (Å²) in [5.74, 6) is -1.61. The molecular weight excluding hydrogens is 440 g/mol. The Morgan fingerprint density at radius 1 is 1.12 bits per heavy atom. The van der Waals surface area contributed by atoms with Gasteiger partial charge >= 0.3 is 12.1 Å². The van der Waals surface area contributed by atoms with Crippen LogP contribution < -0.4 is 5.32 Å². The molecule has 1 fully saturated rings. The van der Waals surface area contributed by atoms with Crippen molar-refractivity contribution in [2.24, 2.45) is 0 Å². The molecule has 2 aromatic rings. The normalized spacial score (nSPS) is 18.0. The molecule has 1 aliphatic heterocycles. The summed E-state index contributed by atoms with van der Waals surface area (Å²) in [6.07, 6.45) is -1.57. The van der Waals surface area contributed by atoms with Crippen LogP contribution in [0, 0.1) is 0 Å². The quantitative estimate of drug-likeness (QED) is 0.611. The number of fused-ring (bicyclic) bond motifs is 3. The van der Waals surface area contributed by atoms with Crippen LogP contribution in [0.5, 0.6) is 0 Å². The Morgan fingerprint density at radius 3 is 2.38 bits per heavy atom. The molecule has 0 bridgehead atoms. The first kappa shape index (κ1) is 23.7. The number of amides is 2. The van der Waals surface area contributed by atoms with Gasteiger partial charge in [0.1, 0.15) is 12.6 Å². The zero-order chi connectivity index (χ0) is 24.1. The standard InChI is InChI=1S/C25H28N2O7/c1-32-12-10-21(23(28)27-11-13-33-22(14-27)24(29)30)26-25(31)34-15-20-18-8-4-2-6-16(18)17-7-3-5-9-19(17)20/h2-9,20-22H,10-15H2,1H3,(H,26,31)(H,29,30). The number of hydrogen-bond donors (Lipinski definition) is 2. The molecule has 0 saturated carbocycles. The number of carbonyl (C=O) groups excluding carboxylic acids is 2. The van der Waals surface area contributed by atoms with Gasteiger partial charge in [-0.2, -0.15) is 0 Å². The molecule has 4 rings (SSSR count). The van der Waals surface area contributed by atoms with E-state index in [1.54, 1.807) is 0 Å². The van der Waals surface area contributed by atoms with Gasteiger partial charge in [0.2, 0.25) is 5.91 Å². The lowest BCUT2D eigenvalue weighted by Gasteiger charge is -2.33. The van der Waals surface area contributed by atoms with Crippen LogP contribution in [0.15, 0.2) is 48.5 Å². The van der Waals surface area contributed by atoms with Crippen LogP contribution in [0.4, 0.5) is 4.79 Å². The molecule has 9 nitrogen and oxygen atoms in total. The topological polar surface area (TPSA) is 114 Å². The van der Waals surface area contributed by atoms with Gasteiger partial charge in [0.15, 0.2) is 6.10 Å². The molecule has 1 heterocycles. The van der Waals surface area contributed by atoms with Gasteiger partial charge in [-0.25, -0.2) is 9.59 Å². The highest BCUT2D eigenvalue weighted by atomic mass is 16.5. The Hall–Kier alpha value is -3.43. The first-order valence-electron chi connectivity index (χ1n) is 11.2. The highest BCUT2D eigenvalue weighted by molar-refractivity contribution is 5.86. The Kier molecular flexibility index (Phi) is 7.44. The largest absolute Gasteiger partial charge is 0.479 e. The van der Waals surface area contributed by atoms with Crippen molar-refractivity contribution in [2.45, 2.75) is 24.5 Å². The van der Waals surface area contributed by atoms with E-state index < -0.39 is 24.2 Å². The Morgan fingerprint density at radius 2 is 1.76 bits per heavy atom. The first-order chi connectivity index (χ1) is 16.5. The summed E-state index contributed by atoms with van der Waals surface area (Å²) in [5.41, 5.74) is 4.44. The molecule has 9 heteroatoms. The summed E-state index contributed by atoms with van der Waals surface area (Å²) < 4.78 is 15.8. The molecule has 1 saturated heterocycles. The lowest BCUT2D eigenvalue weighted by atomic mass is 9.98. The molecule has 0 aromatic heterocycles. The monoisotopic (exact) mass is 468 g/mol. The lowest BCUT2D eigenvalue weighted by Crippen LogP contribution is -2.55. The summed E-state index contributed by atoms with van der Waals surface area (Å²) in [7, 11) is 1.50. The summed E-state index contributed by atoms with van der Waals surface area (Å²) in [5, 5.41) is 11.8. The highest BCUT2D eigenvalue weighted by Gasteiger charge is 2.34. The predicted molar refractivity (Wildman–Crippen MR) is 122 cm³/mol. The minimum atomic E-state index is -1.13. The maximum absolute atomic E-state index is 13.0. The molecule has 1 aliphatic carbocycles. The van der Waals surface area contributed by atoms with E-state index in [2.05, 4.69) is 17.4 Å². The number of carboxylic acid groups (broad SMARTS) is 1. The number of benzene rings is 2. The van der Waals surface area contributed by atoms with Gasteiger partial charge in [0.25, 0.3) is 0 Å². The third-order valence-electron chi connectivity index (χ3n) is 6.20. The number of nitrogens with one attached hydrogen (secondary N) is 1. The second-order valence-electron chi connectivity index (χ2n) is 8.29. The van der Waals surface area contributed by atoms with E-state index in [1.807, 2.05) is 36.4 Å². The van der Waals surface area contributed by atoms with Crippen LogP contribution in [-0.2, 0) is 23.8 Å². The van der Waals surface area contributed by atoms with Gasteiger partial charge in [-0.1, -0.05) is 48.5 Å². The summed E-state index contributed by atoms with van der Waals surface area (Å²) in [6, 6.07) is 15.2. The Balaban J connectivity index is 1.41. The summed E-state index contributed by atoms with van der Waals surface area (Å²) in [6.45, 7) is 0.656. The highest BCUT2D eigenvalue weighted by Crippen LogP contribution is 2.44. The first-order valence-corrected chi connectivity index (χ1v) is 11.2. The predicted octanol–water partition coefficient (Wildman–Crippen LogP) is 2.24. The van der Waals surface area contributed by atoms with Crippen molar-refractivity contribution in [3.8, 4) is 11.1 Å². The molecule has 0 radical (unpaired) electrons. The van der Waals surface area contributed by atoms with E-state index >= 15 is 0 Å². The second-order valence-corrected chi connectivity index (χ2v) is 8.29. The molecule has 0 spiro atoms. The molecule has 34 heavy (non-hydrogen) atoms. The van der Waals surface area contributed by atoms with E-state index in [9.17, 15) is 19.5 Å². The van der Waals surface area contributed by atoms with Crippen LogP contribution in [0.2, 0.25) is 0 Å². The van der Waals surface area contributed by atoms with Gasteiger partial charge in [-0.05, 0) is 22.3 Å². The van der Waals surface area contributed by atoms with Gasteiger partial charge < -0.3 is 29.5 Å². The van der Waals surface area contributed by atoms with Crippen molar-refractivity contribution in [3.63, 3.8) is 0 Å². The third kappa shape index (κ3) is 5.05. The zero-order valence-corrected chi connectivity index (χ0v) is 18.9. The molecule has 2 atom stereocenters. The molecule has 2 N–H and O–H groups in total. The number of rotatable bonds is 8. The number of aliphatic carboxylic acids is 1. The van der Waals surface area contributed by atoms with Crippen molar-refractivity contribution < 1.29 is 33.7 Å². The Labute approximate surface area is 197 Å². The Bertz CT molecular complexity index is 1010. The fourth-order valence-corrected chi connectivity index (χ4v) is 4.49. The van der Waals surface area contributed by atoms with E-state index in [4.69, 9.17) is 14.2 Å². The molecule has 180 valence electrons. The van der Waals surface area contributed by atoms with Crippen LogP contribution in [0.3, 0.4) is 0 Å². The van der Waals surface area contributed by atoms with Crippen molar-refractivity contribution in [2.75, 3.05) is 40.0 Å². The van der Waals surface area contributed by atoms with Crippen LogP contribution in [0.1, 0.15) is 23.5 Å². The zero-order valence-electron chi connectivity index (χ0n) is 18.9. The van der Waals surface area contributed by atoms with Crippen LogP contribution in [-0.4, -0.2) is 80.1 Å². The maximum Gasteiger partial charge on any atom is 0.407 e. The van der Waals surface area contributed by atoms with E-state index in [0.29, 0.717) is 0 Å². The number of carbonyl (C=O) groups is 3. The van der Waals surface area contributed by atoms with Crippen molar-refractivity contribution in [3.05, 3.63) is 59.7 Å². The molecule has 2 unspecified atom stereocenters. The van der Waals surface area contributed by atoms with Crippen molar-refractivity contribution in [1.82, 2.24) is 10.2 Å². The summed E-state index contributed by atoms with van der Waals surface area (Å²) >= 11 is 0. The number of ether oxygens (including phenoxy) is 3. The SMILES string of the molecule is COCCC(NC(=O)OCC1c2ccccc2-c2ccccc21)C(=O)N1CCOC(C(=O)O)C1. The molecule has 2 aromatic carbocycles. The van der Waals surface area contributed by atoms with Gasteiger partial charge in [0.05, 0.1) is 13.2 Å². The number of methoxy groups -OCH3 is 1. The van der Waals surface area contributed by atoms with Crippen LogP contribution in [0.25, 0.3) is 11.1 Å². The van der Waals surface area contributed by atoms with E-state index in [0.717, 1.165) is 22.3 Å². The average molecular weight is 469 g/mol. The van der Waals surface area contributed by atoms with Crippen molar-refractivity contribution >= 4 is 18.0 Å².